The highest BCUT2D eigenvalue weighted by Gasteiger charge is 2.17. The number of rotatable bonds is 7. The van der Waals surface area contributed by atoms with Crippen LogP contribution in [0.4, 0.5) is 8.78 Å². The van der Waals surface area contributed by atoms with E-state index in [2.05, 4.69) is 10.6 Å². The van der Waals surface area contributed by atoms with E-state index in [1.165, 1.54) is 0 Å². The van der Waals surface area contributed by atoms with E-state index in [4.69, 9.17) is 5.73 Å². The number of benzene rings is 1. The molecule has 0 aliphatic carbocycles. The number of nitrogens with one attached hydrogen (secondary N) is 2. The van der Waals surface area contributed by atoms with Crippen LogP contribution in [0.3, 0.4) is 0 Å². The molecule has 0 saturated heterocycles. The smallest absolute Gasteiger partial charge is 0.239 e. The van der Waals surface area contributed by atoms with Gasteiger partial charge in [-0.15, -0.1) is 0 Å². The van der Waals surface area contributed by atoms with Crippen molar-refractivity contribution in [3.8, 4) is 0 Å². The summed E-state index contributed by atoms with van der Waals surface area (Å²) in [5, 5.41) is 4.94. The number of carbonyl (C=O) groups is 2. The predicted octanol–water partition coefficient (Wildman–Crippen LogP) is 0.723. The van der Waals surface area contributed by atoms with E-state index in [-0.39, 0.29) is 31.0 Å². The van der Waals surface area contributed by atoms with Crippen LogP contribution in [0, 0.1) is 17.6 Å². The molecule has 1 atom stereocenters. The molecule has 122 valence electrons. The quantitative estimate of drug-likeness (QED) is 0.693. The lowest BCUT2D eigenvalue weighted by Crippen LogP contribution is -2.47. The summed E-state index contributed by atoms with van der Waals surface area (Å²) < 4.78 is 26.3. The molecular formula is C15H21F2N3O2. The van der Waals surface area contributed by atoms with Gasteiger partial charge in [-0.1, -0.05) is 13.8 Å². The van der Waals surface area contributed by atoms with Crippen molar-refractivity contribution in [3.05, 3.63) is 35.4 Å². The molecule has 1 aromatic rings. The molecule has 0 bridgehead atoms. The number of halogens is 2. The van der Waals surface area contributed by atoms with Crippen molar-refractivity contribution >= 4 is 11.8 Å². The molecule has 1 aromatic carbocycles. The van der Waals surface area contributed by atoms with E-state index in [1.807, 2.05) is 0 Å². The minimum Gasteiger partial charge on any atom is -0.354 e. The summed E-state index contributed by atoms with van der Waals surface area (Å²) in [5.74, 6) is -1.90. The Hall–Kier alpha value is -2.02. The first-order chi connectivity index (χ1) is 10.3. The lowest BCUT2D eigenvalue weighted by atomic mass is 10.1. The Morgan fingerprint density at radius 2 is 1.91 bits per heavy atom. The van der Waals surface area contributed by atoms with Crippen molar-refractivity contribution in [2.45, 2.75) is 26.3 Å². The van der Waals surface area contributed by atoms with Crippen molar-refractivity contribution < 1.29 is 18.4 Å². The summed E-state index contributed by atoms with van der Waals surface area (Å²) in [4.78, 5) is 23.1. The second-order valence-electron chi connectivity index (χ2n) is 5.32. The van der Waals surface area contributed by atoms with Crippen LogP contribution >= 0.6 is 0 Å². The predicted molar refractivity (Wildman–Crippen MR) is 78.9 cm³/mol. The van der Waals surface area contributed by atoms with E-state index in [0.29, 0.717) is 0 Å². The van der Waals surface area contributed by atoms with E-state index in [9.17, 15) is 18.4 Å². The van der Waals surface area contributed by atoms with Crippen LogP contribution in [0.25, 0.3) is 0 Å². The van der Waals surface area contributed by atoms with Gasteiger partial charge in [0.2, 0.25) is 11.8 Å². The van der Waals surface area contributed by atoms with Gasteiger partial charge < -0.3 is 16.4 Å². The zero-order valence-electron chi connectivity index (χ0n) is 12.7. The lowest BCUT2D eigenvalue weighted by Gasteiger charge is -2.15. The van der Waals surface area contributed by atoms with E-state index in [0.717, 1.165) is 18.2 Å². The highest BCUT2D eigenvalue weighted by Crippen LogP contribution is 2.09. The van der Waals surface area contributed by atoms with Crippen LogP contribution in [0.5, 0.6) is 0 Å². The second kappa shape index (κ2) is 8.43. The summed E-state index contributed by atoms with van der Waals surface area (Å²) in [6.07, 6.45) is 0.161. The summed E-state index contributed by atoms with van der Waals surface area (Å²) in [5.41, 5.74) is 5.82. The molecular weight excluding hydrogens is 292 g/mol. The fourth-order valence-corrected chi connectivity index (χ4v) is 1.72. The Balaban J connectivity index is 2.32. The lowest BCUT2D eigenvalue weighted by molar-refractivity contribution is -0.127. The maximum absolute atomic E-state index is 13.4. The topological polar surface area (TPSA) is 84.2 Å². The molecule has 22 heavy (non-hydrogen) atoms. The molecule has 0 aliphatic rings. The zero-order chi connectivity index (χ0) is 16.7. The number of nitrogens with two attached hydrogens (primary N) is 1. The van der Waals surface area contributed by atoms with Crippen LogP contribution in [0.2, 0.25) is 0 Å². The molecule has 4 N–H and O–H groups in total. The molecule has 7 heteroatoms. The minimum atomic E-state index is -0.672. The largest absolute Gasteiger partial charge is 0.354 e. The third-order valence-electron chi connectivity index (χ3n) is 3.17. The zero-order valence-corrected chi connectivity index (χ0v) is 12.7. The summed E-state index contributed by atoms with van der Waals surface area (Å²) >= 11 is 0. The fourth-order valence-electron chi connectivity index (χ4n) is 1.72. The normalized spacial score (nSPS) is 12.1. The Bertz CT molecular complexity index is 536. The average Bonchev–Trinajstić information content (AvgIpc) is 2.47. The molecule has 0 radical (unpaired) electrons. The van der Waals surface area contributed by atoms with E-state index in [1.54, 1.807) is 13.8 Å². The average molecular weight is 313 g/mol. The SMILES string of the molecule is CC(C)[C@H](N)C(=O)NCC(=O)NCCc1cc(F)ccc1F. The number of amides is 2. The molecule has 0 spiro atoms. The van der Waals surface area contributed by atoms with Gasteiger partial charge in [-0.2, -0.15) is 0 Å². The van der Waals surface area contributed by atoms with E-state index < -0.39 is 29.5 Å². The van der Waals surface area contributed by atoms with Gasteiger partial charge in [0, 0.05) is 6.54 Å². The second-order valence-corrected chi connectivity index (χ2v) is 5.32. The molecule has 0 aromatic heterocycles. The van der Waals surface area contributed by atoms with Crippen molar-refractivity contribution in [3.63, 3.8) is 0 Å². The van der Waals surface area contributed by atoms with Gasteiger partial charge >= 0.3 is 0 Å². The van der Waals surface area contributed by atoms with Gasteiger partial charge in [0.1, 0.15) is 11.6 Å². The monoisotopic (exact) mass is 313 g/mol. The van der Waals surface area contributed by atoms with Gasteiger partial charge in [-0.3, -0.25) is 9.59 Å². The number of hydrogen-bond donors (Lipinski definition) is 3. The Morgan fingerprint density at radius 3 is 2.55 bits per heavy atom. The van der Waals surface area contributed by atoms with Gasteiger partial charge in [0.25, 0.3) is 0 Å². The molecule has 2 amide bonds. The van der Waals surface area contributed by atoms with Gasteiger partial charge in [-0.25, -0.2) is 8.78 Å². The Morgan fingerprint density at radius 1 is 1.23 bits per heavy atom. The van der Waals surface area contributed by atoms with Gasteiger partial charge in [0.05, 0.1) is 12.6 Å². The molecule has 0 aliphatic heterocycles. The maximum Gasteiger partial charge on any atom is 0.239 e. The Labute approximate surface area is 128 Å². The molecule has 0 fully saturated rings. The third kappa shape index (κ3) is 5.77. The molecule has 0 heterocycles. The van der Waals surface area contributed by atoms with Crippen LogP contribution in [-0.4, -0.2) is 30.9 Å². The maximum atomic E-state index is 13.4. The summed E-state index contributed by atoms with van der Waals surface area (Å²) in [6, 6.07) is 2.49. The van der Waals surface area contributed by atoms with E-state index >= 15 is 0 Å². The number of hydrogen-bond acceptors (Lipinski definition) is 3. The van der Waals surface area contributed by atoms with Gasteiger partial charge in [0.15, 0.2) is 0 Å². The van der Waals surface area contributed by atoms with Crippen LogP contribution in [0.1, 0.15) is 19.4 Å². The Kier molecular flexibility index (Phi) is 6.91. The standard InChI is InChI=1S/C15H21F2N3O2/c1-9(2)14(18)15(22)20-8-13(21)19-6-5-10-7-11(16)3-4-12(10)17/h3-4,7,9,14H,5-6,8,18H2,1-2H3,(H,19,21)(H,20,22)/t14-/m0/s1. The first kappa shape index (κ1) is 18.0. The third-order valence-corrected chi connectivity index (χ3v) is 3.17. The summed E-state index contributed by atoms with van der Waals surface area (Å²) in [6.45, 7) is 3.55. The number of carbonyl (C=O) groups excluding carboxylic acids is 2. The molecule has 0 unspecified atom stereocenters. The summed E-state index contributed by atoms with van der Waals surface area (Å²) in [7, 11) is 0. The molecule has 1 rings (SSSR count). The van der Waals surface area contributed by atoms with Crippen LogP contribution in [-0.2, 0) is 16.0 Å². The van der Waals surface area contributed by atoms with Crippen molar-refractivity contribution in [1.82, 2.24) is 10.6 Å². The van der Waals surface area contributed by atoms with Crippen molar-refractivity contribution in [2.75, 3.05) is 13.1 Å². The van der Waals surface area contributed by atoms with Crippen molar-refractivity contribution in [1.29, 1.82) is 0 Å². The van der Waals surface area contributed by atoms with Crippen LogP contribution < -0.4 is 16.4 Å². The first-order valence-electron chi connectivity index (χ1n) is 7.05. The minimum absolute atomic E-state index is 0.0287. The molecule has 0 saturated carbocycles. The van der Waals surface area contributed by atoms with Crippen LogP contribution in [0.15, 0.2) is 18.2 Å². The highest BCUT2D eigenvalue weighted by atomic mass is 19.1. The first-order valence-corrected chi connectivity index (χ1v) is 7.05. The van der Waals surface area contributed by atoms with Crippen molar-refractivity contribution in [2.24, 2.45) is 11.7 Å². The van der Waals surface area contributed by atoms with Gasteiger partial charge in [-0.05, 0) is 36.1 Å². The molecule has 5 nitrogen and oxygen atoms in total. The fraction of sp³-hybridized carbons (Fsp3) is 0.467. The highest BCUT2D eigenvalue weighted by molar-refractivity contribution is 5.87.